The molecule has 0 aromatic rings. The third-order valence-electron chi connectivity index (χ3n) is 2.24. The van der Waals surface area contributed by atoms with Crippen LogP contribution in [0.4, 0.5) is 0 Å². The molecule has 1 aliphatic rings. The lowest BCUT2D eigenvalue weighted by Gasteiger charge is -2.09. The van der Waals surface area contributed by atoms with Crippen LogP contribution in [0.1, 0.15) is 33.1 Å². The second-order valence-electron chi connectivity index (χ2n) is 3.71. The Labute approximate surface area is 75.2 Å². The van der Waals surface area contributed by atoms with Gasteiger partial charge >= 0.3 is 0 Å². The maximum atomic E-state index is 5.45. The first kappa shape index (κ1) is 10.0. The van der Waals surface area contributed by atoms with Crippen molar-refractivity contribution in [1.82, 2.24) is 0 Å². The summed E-state index contributed by atoms with van der Waals surface area (Å²) < 4.78 is 10.5. The van der Waals surface area contributed by atoms with Crippen LogP contribution in [-0.2, 0) is 9.47 Å². The minimum atomic E-state index is 0.423. The molecule has 0 N–H and O–H groups in total. The summed E-state index contributed by atoms with van der Waals surface area (Å²) in [7, 11) is 0. The summed E-state index contributed by atoms with van der Waals surface area (Å²) in [6.45, 7) is 7.14. The summed E-state index contributed by atoms with van der Waals surface area (Å²) in [6.07, 6.45) is 4.23. The van der Waals surface area contributed by atoms with E-state index < -0.39 is 0 Å². The number of hydrogen-bond acceptors (Lipinski definition) is 2. The van der Waals surface area contributed by atoms with Gasteiger partial charge in [0.25, 0.3) is 0 Å². The van der Waals surface area contributed by atoms with Crippen LogP contribution in [0.25, 0.3) is 0 Å². The Balaban J connectivity index is 1.80. The number of epoxide rings is 1. The number of ether oxygens (including phenoxy) is 2. The first-order valence-electron chi connectivity index (χ1n) is 5.02. The van der Waals surface area contributed by atoms with Crippen molar-refractivity contribution in [3.63, 3.8) is 0 Å². The molecular formula is C10H20O2. The molecule has 0 aromatic heterocycles. The second kappa shape index (κ2) is 5.55. The van der Waals surface area contributed by atoms with Crippen LogP contribution in [0.5, 0.6) is 0 Å². The molecule has 12 heavy (non-hydrogen) atoms. The van der Waals surface area contributed by atoms with Crippen molar-refractivity contribution in [3.05, 3.63) is 0 Å². The highest BCUT2D eigenvalue weighted by Crippen LogP contribution is 2.12. The zero-order chi connectivity index (χ0) is 8.81. The molecular weight excluding hydrogens is 152 g/mol. The summed E-state index contributed by atoms with van der Waals surface area (Å²) in [5.41, 5.74) is 0. The van der Waals surface area contributed by atoms with Gasteiger partial charge in [-0.05, 0) is 12.3 Å². The van der Waals surface area contributed by atoms with Crippen LogP contribution in [-0.4, -0.2) is 25.9 Å². The molecule has 2 atom stereocenters. The van der Waals surface area contributed by atoms with Crippen LogP contribution in [0, 0.1) is 5.92 Å². The highest BCUT2D eigenvalue weighted by molar-refractivity contribution is 4.67. The first-order chi connectivity index (χ1) is 5.83. The lowest BCUT2D eigenvalue weighted by molar-refractivity contribution is 0.105. The Hall–Kier alpha value is -0.0800. The van der Waals surface area contributed by atoms with E-state index in [4.69, 9.17) is 9.47 Å². The molecule has 0 amide bonds. The van der Waals surface area contributed by atoms with Gasteiger partial charge in [-0.25, -0.2) is 0 Å². The molecule has 0 aliphatic carbocycles. The fourth-order valence-electron chi connectivity index (χ4n) is 1.30. The van der Waals surface area contributed by atoms with Gasteiger partial charge in [0.2, 0.25) is 0 Å². The third kappa shape index (κ3) is 4.73. The van der Waals surface area contributed by atoms with E-state index in [0.29, 0.717) is 6.10 Å². The first-order valence-corrected chi connectivity index (χ1v) is 5.02. The largest absolute Gasteiger partial charge is 0.379 e. The molecule has 0 radical (unpaired) electrons. The number of hydrogen-bond donors (Lipinski definition) is 0. The molecule has 1 aliphatic heterocycles. The van der Waals surface area contributed by atoms with Crippen molar-refractivity contribution in [2.24, 2.45) is 5.92 Å². The van der Waals surface area contributed by atoms with Crippen molar-refractivity contribution in [2.75, 3.05) is 19.8 Å². The minimum Gasteiger partial charge on any atom is -0.379 e. The topological polar surface area (TPSA) is 21.8 Å². The van der Waals surface area contributed by atoms with E-state index in [1.54, 1.807) is 0 Å². The SMILES string of the molecule is CCCC(C)CCOCC1CO1. The summed E-state index contributed by atoms with van der Waals surface area (Å²) in [5, 5.41) is 0. The summed E-state index contributed by atoms with van der Waals surface area (Å²) in [6, 6.07) is 0. The Kier molecular flexibility index (Phi) is 4.62. The Morgan fingerprint density at radius 1 is 1.50 bits per heavy atom. The molecule has 0 aromatic carbocycles. The maximum Gasteiger partial charge on any atom is 0.104 e. The smallest absolute Gasteiger partial charge is 0.104 e. The van der Waals surface area contributed by atoms with Crippen molar-refractivity contribution in [1.29, 1.82) is 0 Å². The molecule has 1 heterocycles. The molecule has 1 fully saturated rings. The van der Waals surface area contributed by atoms with Crippen molar-refractivity contribution in [3.8, 4) is 0 Å². The van der Waals surface area contributed by atoms with Crippen LogP contribution in [0.15, 0.2) is 0 Å². The molecule has 0 spiro atoms. The van der Waals surface area contributed by atoms with E-state index in [-0.39, 0.29) is 0 Å². The summed E-state index contributed by atoms with van der Waals surface area (Å²) in [4.78, 5) is 0. The van der Waals surface area contributed by atoms with Crippen molar-refractivity contribution >= 4 is 0 Å². The highest BCUT2D eigenvalue weighted by Gasteiger charge is 2.22. The van der Waals surface area contributed by atoms with E-state index in [1.165, 1.54) is 19.3 Å². The van der Waals surface area contributed by atoms with E-state index >= 15 is 0 Å². The molecule has 72 valence electrons. The minimum absolute atomic E-state index is 0.423. The molecule has 1 rings (SSSR count). The standard InChI is InChI=1S/C10H20O2/c1-3-4-9(2)5-6-11-7-10-8-12-10/h9-10H,3-8H2,1-2H3. The fourth-order valence-corrected chi connectivity index (χ4v) is 1.30. The lowest BCUT2D eigenvalue weighted by Crippen LogP contribution is -2.06. The van der Waals surface area contributed by atoms with E-state index in [9.17, 15) is 0 Å². The average molecular weight is 172 g/mol. The van der Waals surface area contributed by atoms with Crippen LogP contribution in [0.2, 0.25) is 0 Å². The van der Waals surface area contributed by atoms with Crippen molar-refractivity contribution in [2.45, 2.75) is 39.2 Å². The van der Waals surface area contributed by atoms with Gasteiger partial charge in [-0.3, -0.25) is 0 Å². The molecule has 1 saturated heterocycles. The van der Waals surface area contributed by atoms with Gasteiger partial charge < -0.3 is 9.47 Å². The van der Waals surface area contributed by atoms with Gasteiger partial charge in [-0.2, -0.15) is 0 Å². The molecule has 2 heteroatoms. The normalized spacial score (nSPS) is 24.0. The molecule has 0 bridgehead atoms. The zero-order valence-electron chi connectivity index (χ0n) is 8.21. The predicted octanol–water partition coefficient (Wildman–Crippen LogP) is 2.23. The highest BCUT2D eigenvalue weighted by atomic mass is 16.6. The van der Waals surface area contributed by atoms with E-state index in [2.05, 4.69) is 13.8 Å². The predicted molar refractivity (Wildman–Crippen MR) is 49.2 cm³/mol. The van der Waals surface area contributed by atoms with Crippen LogP contribution >= 0.6 is 0 Å². The lowest BCUT2D eigenvalue weighted by atomic mass is 10.0. The molecule has 2 nitrogen and oxygen atoms in total. The van der Waals surface area contributed by atoms with Gasteiger partial charge in [0.05, 0.1) is 13.2 Å². The van der Waals surface area contributed by atoms with Gasteiger partial charge in [0.15, 0.2) is 0 Å². The van der Waals surface area contributed by atoms with Gasteiger partial charge in [-0.1, -0.05) is 26.7 Å². The van der Waals surface area contributed by atoms with E-state index in [1.807, 2.05) is 0 Å². The van der Waals surface area contributed by atoms with Gasteiger partial charge in [0.1, 0.15) is 6.10 Å². The quantitative estimate of drug-likeness (QED) is 0.434. The van der Waals surface area contributed by atoms with Crippen LogP contribution in [0.3, 0.4) is 0 Å². The summed E-state index contributed by atoms with van der Waals surface area (Å²) in [5.74, 6) is 0.815. The summed E-state index contributed by atoms with van der Waals surface area (Å²) >= 11 is 0. The fraction of sp³-hybridized carbons (Fsp3) is 1.00. The third-order valence-corrected chi connectivity index (χ3v) is 2.24. The van der Waals surface area contributed by atoms with Gasteiger partial charge in [-0.15, -0.1) is 0 Å². The zero-order valence-corrected chi connectivity index (χ0v) is 8.21. The maximum absolute atomic E-state index is 5.45. The Morgan fingerprint density at radius 3 is 2.83 bits per heavy atom. The Morgan fingerprint density at radius 2 is 2.25 bits per heavy atom. The van der Waals surface area contributed by atoms with Crippen molar-refractivity contribution < 1.29 is 9.47 Å². The number of rotatable bonds is 7. The molecule has 2 unspecified atom stereocenters. The Bertz CT molecular complexity index is 110. The van der Waals surface area contributed by atoms with E-state index in [0.717, 1.165) is 25.7 Å². The monoisotopic (exact) mass is 172 g/mol. The average Bonchev–Trinajstić information content (AvgIpc) is 2.82. The molecule has 0 saturated carbocycles. The van der Waals surface area contributed by atoms with Gasteiger partial charge in [0, 0.05) is 6.61 Å². The van der Waals surface area contributed by atoms with Crippen LogP contribution < -0.4 is 0 Å². The second-order valence-corrected chi connectivity index (χ2v) is 3.71.